The van der Waals surface area contributed by atoms with E-state index in [2.05, 4.69) is 11.1 Å². The van der Waals surface area contributed by atoms with Gasteiger partial charge in [0.05, 0.1) is 5.01 Å². The zero-order chi connectivity index (χ0) is 9.26. The number of rotatable bonds is 1. The third-order valence-corrected chi connectivity index (χ3v) is 3.92. The van der Waals surface area contributed by atoms with E-state index < -0.39 is 0 Å². The third-order valence-electron chi connectivity index (χ3n) is 2.41. The molecule has 1 aliphatic carbocycles. The van der Waals surface area contributed by atoms with Crippen molar-refractivity contribution in [3.8, 4) is 6.07 Å². The predicted octanol–water partition coefficient (Wildman–Crippen LogP) is 3.33. The van der Waals surface area contributed by atoms with E-state index in [1.165, 1.54) is 37.0 Å². The molecule has 1 fully saturated rings. The fourth-order valence-corrected chi connectivity index (χ4v) is 2.96. The summed E-state index contributed by atoms with van der Waals surface area (Å²) in [5.41, 5.74) is 0. The molecule has 1 saturated carbocycles. The Bertz CT molecular complexity index is 347. The SMILES string of the molecule is N#Cc1sc(C2CCCC2)nc1Cl. The molecule has 13 heavy (non-hydrogen) atoms. The van der Waals surface area contributed by atoms with Gasteiger partial charge in [0.15, 0.2) is 5.15 Å². The van der Waals surface area contributed by atoms with Crippen molar-refractivity contribution < 1.29 is 0 Å². The number of nitriles is 1. The smallest absolute Gasteiger partial charge is 0.158 e. The van der Waals surface area contributed by atoms with E-state index >= 15 is 0 Å². The minimum Gasteiger partial charge on any atom is -0.228 e. The van der Waals surface area contributed by atoms with Crippen LogP contribution in [0.15, 0.2) is 0 Å². The molecule has 0 spiro atoms. The Hall–Kier alpha value is -0.590. The van der Waals surface area contributed by atoms with Gasteiger partial charge in [-0.1, -0.05) is 24.4 Å². The first kappa shape index (κ1) is 8.98. The van der Waals surface area contributed by atoms with Gasteiger partial charge in [0.2, 0.25) is 0 Å². The molecule has 0 aliphatic heterocycles. The van der Waals surface area contributed by atoms with Gasteiger partial charge in [-0.05, 0) is 12.8 Å². The average Bonchev–Trinajstić information content (AvgIpc) is 2.71. The Kier molecular flexibility index (Phi) is 2.52. The molecule has 0 saturated heterocycles. The molecule has 1 aromatic rings. The molecule has 0 N–H and O–H groups in total. The van der Waals surface area contributed by atoms with Gasteiger partial charge < -0.3 is 0 Å². The standard InChI is InChI=1S/C9H9ClN2S/c10-8-7(5-11)13-9(12-8)6-3-1-2-4-6/h6H,1-4H2. The summed E-state index contributed by atoms with van der Waals surface area (Å²) >= 11 is 7.25. The van der Waals surface area contributed by atoms with Crippen LogP contribution in [0.25, 0.3) is 0 Å². The van der Waals surface area contributed by atoms with Crippen molar-refractivity contribution >= 4 is 22.9 Å². The van der Waals surface area contributed by atoms with Gasteiger partial charge in [-0.2, -0.15) is 5.26 Å². The van der Waals surface area contributed by atoms with Crippen LogP contribution in [0, 0.1) is 11.3 Å². The second-order valence-corrected chi connectivity index (χ2v) is 4.65. The molecule has 0 unspecified atom stereocenters. The molecular formula is C9H9ClN2S. The lowest BCUT2D eigenvalue weighted by Crippen LogP contribution is -1.89. The number of thiazole rings is 1. The molecule has 68 valence electrons. The maximum absolute atomic E-state index is 8.71. The highest BCUT2D eigenvalue weighted by Crippen LogP contribution is 2.37. The van der Waals surface area contributed by atoms with Crippen LogP contribution in [0.4, 0.5) is 0 Å². The number of nitrogens with zero attached hydrogens (tertiary/aromatic N) is 2. The molecule has 0 bridgehead atoms. The fourth-order valence-electron chi connectivity index (χ4n) is 1.73. The quantitative estimate of drug-likeness (QED) is 0.716. The number of hydrogen-bond acceptors (Lipinski definition) is 3. The van der Waals surface area contributed by atoms with Gasteiger partial charge in [-0.15, -0.1) is 11.3 Å². The van der Waals surface area contributed by atoms with Crippen LogP contribution in [-0.2, 0) is 0 Å². The van der Waals surface area contributed by atoms with Gasteiger partial charge in [0, 0.05) is 5.92 Å². The summed E-state index contributed by atoms with van der Waals surface area (Å²) in [6, 6.07) is 2.06. The summed E-state index contributed by atoms with van der Waals surface area (Å²) in [5.74, 6) is 0.560. The van der Waals surface area contributed by atoms with Crippen LogP contribution in [0.1, 0.15) is 41.5 Å². The molecule has 0 atom stereocenters. The van der Waals surface area contributed by atoms with E-state index in [0.717, 1.165) is 5.01 Å². The van der Waals surface area contributed by atoms with Gasteiger partial charge in [0.25, 0.3) is 0 Å². The van der Waals surface area contributed by atoms with Gasteiger partial charge in [-0.3, -0.25) is 0 Å². The van der Waals surface area contributed by atoms with E-state index in [1.54, 1.807) is 0 Å². The monoisotopic (exact) mass is 212 g/mol. The van der Waals surface area contributed by atoms with Gasteiger partial charge in [0.1, 0.15) is 10.9 Å². The Labute approximate surface area is 86.2 Å². The highest BCUT2D eigenvalue weighted by atomic mass is 35.5. The lowest BCUT2D eigenvalue weighted by molar-refractivity contribution is 0.716. The van der Waals surface area contributed by atoms with E-state index in [4.69, 9.17) is 16.9 Å². The minimum absolute atomic E-state index is 0.384. The van der Waals surface area contributed by atoms with Crippen molar-refractivity contribution in [2.75, 3.05) is 0 Å². The maximum Gasteiger partial charge on any atom is 0.158 e. The molecule has 1 aliphatic rings. The summed E-state index contributed by atoms with van der Waals surface area (Å²) in [7, 11) is 0. The van der Waals surface area contributed by atoms with Crippen molar-refractivity contribution in [2.24, 2.45) is 0 Å². The Morgan fingerprint density at radius 3 is 2.69 bits per heavy atom. The second kappa shape index (κ2) is 3.65. The van der Waals surface area contributed by atoms with Crippen LogP contribution >= 0.6 is 22.9 Å². The van der Waals surface area contributed by atoms with Crippen LogP contribution in [0.5, 0.6) is 0 Å². The van der Waals surface area contributed by atoms with Crippen LogP contribution < -0.4 is 0 Å². The normalized spacial score (nSPS) is 17.5. The predicted molar refractivity (Wildman–Crippen MR) is 53.0 cm³/mol. The maximum atomic E-state index is 8.71. The largest absolute Gasteiger partial charge is 0.228 e. The zero-order valence-corrected chi connectivity index (χ0v) is 8.66. The molecular weight excluding hydrogens is 204 g/mol. The Morgan fingerprint density at radius 2 is 2.15 bits per heavy atom. The summed E-state index contributed by atoms with van der Waals surface area (Å²) in [4.78, 5) is 4.78. The van der Waals surface area contributed by atoms with Crippen molar-refractivity contribution in [1.82, 2.24) is 4.98 Å². The third kappa shape index (κ3) is 1.70. The summed E-state index contributed by atoms with van der Waals surface area (Å²) < 4.78 is 0. The van der Waals surface area contributed by atoms with Crippen LogP contribution in [-0.4, -0.2) is 4.98 Å². The molecule has 1 heterocycles. The van der Waals surface area contributed by atoms with Crippen LogP contribution in [0.2, 0.25) is 5.15 Å². The van der Waals surface area contributed by atoms with E-state index in [1.807, 2.05) is 0 Å². The molecule has 1 aromatic heterocycles. The van der Waals surface area contributed by atoms with Crippen molar-refractivity contribution in [1.29, 1.82) is 5.26 Å². The van der Waals surface area contributed by atoms with Crippen molar-refractivity contribution in [2.45, 2.75) is 31.6 Å². The molecule has 0 aromatic carbocycles. The minimum atomic E-state index is 0.384. The van der Waals surface area contributed by atoms with Gasteiger partial charge >= 0.3 is 0 Å². The zero-order valence-electron chi connectivity index (χ0n) is 7.09. The summed E-state index contributed by atoms with van der Waals surface area (Å²) in [6.07, 6.45) is 4.97. The van der Waals surface area contributed by atoms with E-state index in [-0.39, 0.29) is 0 Å². The first-order valence-corrected chi connectivity index (χ1v) is 5.57. The second-order valence-electron chi connectivity index (χ2n) is 3.27. The Balaban J connectivity index is 2.26. The van der Waals surface area contributed by atoms with Gasteiger partial charge in [-0.25, -0.2) is 4.98 Å². The topological polar surface area (TPSA) is 36.7 Å². The number of hydrogen-bond donors (Lipinski definition) is 0. The van der Waals surface area contributed by atoms with Crippen molar-refractivity contribution in [3.63, 3.8) is 0 Å². The van der Waals surface area contributed by atoms with Crippen LogP contribution in [0.3, 0.4) is 0 Å². The van der Waals surface area contributed by atoms with Crippen molar-refractivity contribution in [3.05, 3.63) is 15.0 Å². The highest BCUT2D eigenvalue weighted by molar-refractivity contribution is 7.12. The molecule has 2 nitrogen and oxygen atoms in total. The Morgan fingerprint density at radius 1 is 1.46 bits per heavy atom. The fraction of sp³-hybridized carbons (Fsp3) is 0.556. The molecule has 0 radical (unpaired) electrons. The summed E-state index contributed by atoms with van der Waals surface area (Å²) in [6.45, 7) is 0. The van der Waals surface area contributed by atoms with E-state index in [0.29, 0.717) is 15.9 Å². The first-order valence-electron chi connectivity index (χ1n) is 4.37. The van der Waals surface area contributed by atoms with E-state index in [9.17, 15) is 0 Å². The average molecular weight is 213 g/mol. The molecule has 4 heteroatoms. The molecule has 0 amide bonds. The summed E-state index contributed by atoms with van der Waals surface area (Å²) in [5, 5.41) is 10.1. The number of halogens is 1. The lowest BCUT2D eigenvalue weighted by atomic mass is 10.1. The number of aromatic nitrogens is 1. The lowest BCUT2D eigenvalue weighted by Gasteiger charge is -2.01. The highest BCUT2D eigenvalue weighted by Gasteiger charge is 2.21. The first-order chi connectivity index (χ1) is 6.31. The molecule has 2 rings (SSSR count).